The van der Waals surface area contributed by atoms with Gasteiger partial charge >= 0.3 is 5.97 Å². The van der Waals surface area contributed by atoms with Crippen LogP contribution in [-0.4, -0.2) is 21.3 Å². The van der Waals surface area contributed by atoms with E-state index >= 15 is 0 Å². The minimum atomic E-state index is -1.33. The van der Waals surface area contributed by atoms with Gasteiger partial charge in [0.2, 0.25) is 0 Å². The second-order valence-corrected chi connectivity index (χ2v) is 2.23. The van der Waals surface area contributed by atoms with Crippen molar-refractivity contribution in [3.63, 3.8) is 0 Å². The zero-order valence-electron chi connectivity index (χ0n) is 5.98. The first-order valence-electron chi connectivity index (χ1n) is 3.07. The molecule has 0 atom stereocenters. The number of aromatic carboxylic acids is 1. The van der Waals surface area contributed by atoms with E-state index in [1.54, 1.807) is 0 Å². The lowest BCUT2D eigenvalue weighted by Gasteiger charge is -2.03. The number of benzene rings is 1. The van der Waals surface area contributed by atoms with E-state index in [0.29, 0.717) is 0 Å². The van der Waals surface area contributed by atoms with Gasteiger partial charge in [-0.25, -0.2) is 4.79 Å². The maximum absolute atomic E-state index is 10.4. The molecule has 1 aromatic carbocycles. The van der Waals surface area contributed by atoms with Gasteiger partial charge in [-0.1, -0.05) is 0 Å². The highest BCUT2D eigenvalue weighted by atomic mass is 16.4. The molecule has 0 saturated heterocycles. The van der Waals surface area contributed by atoms with E-state index in [1.807, 2.05) is 0 Å². The smallest absolute Gasteiger partial charge is 0.341 e. The van der Waals surface area contributed by atoms with Crippen molar-refractivity contribution in [1.82, 2.24) is 0 Å². The minimum absolute atomic E-state index is 0.167. The predicted molar refractivity (Wildman–Crippen MR) is 41.1 cm³/mol. The maximum atomic E-state index is 10.4. The van der Waals surface area contributed by atoms with Crippen LogP contribution in [0.3, 0.4) is 0 Å². The number of carbonyl (C=O) groups is 1. The third-order valence-corrected chi connectivity index (χ3v) is 1.35. The van der Waals surface area contributed by atoms with Crippen LogP contribution in [0, 0.1) is 0 Å². The number of phenolic OH excluding ortho intramolecular Hbond substituents is 1. The van der Waals surface area contributed by atoms with Crippen LogP contribution >= 0.6 is 0 Å². The molecular formula is C7H7NO4. The van der Waals surface area contributed by atoms with Crippen LogP contribution in [0.4, 0.5) is 5.69 Å². The number of phenols is 2. The minimum Gasteiger partial charge on any atom is -0.508 e. The average Bonchev–Trinajstić information content (AvgIpc) is 1.82. The topological polar surface area (TPSA) is 104 Å². The van der Waals surface area contributed by atoms with Crippen LogP contribution in [0.2, 0.25) is 0 Å². The fraction of sp³-hybridized carbons (Fsp3) is 0. The Morgan fingerprint density at radius 2 is 1.92 bits per heavy atom. The molecule has 1 aromatic rings. The van der Waals surface area contributed by atoms with Crippen molar-refractivity contribution < 1.29 is 20.1 Å². The zero-order valence-corrected chi connectivity index (χ0v) is 5.98. The monoisotopic (exact) mass is 169 g/mol. The lowest BCUT2D eigenvalue weighted by atomic mass is 10.1. The highest BCUT2D eigenvalue weighted by Gasteiger charge is 2.14. The molecule has 1 rings (SSSR count). The SMILES string of the molecule is Nc1cc(O)cc(O)c1C(=O)O. The Labute approximate surface area is 67.7 Å². The highest BCUT2D eigenvalue weighted by Crippen LogP contribution is 2.28. The Kier molecular flexibility index (Phi) is 1.78. The molecule has 0 heterocycles. The third kappa shape index (κ3) is 1.24. The van der Waals surface area contributed by atoms with Gasteiger partial charge in [0.15, 0.2) is 0 Å². The van der Waals surface area contributed by atoms with Crippen LogP contribution in [0.25, 0.3) is 0 Å². The highest BCUT2D eigenvalue weighted by molar-refractivity contribution is 5.97. The molecule has 5 N–H and O–H groups in total. The standard InChI is InChI=1S/C7H7NO4/c8-4-1-3(9)2-5(10)6(4)7(11)12/h1-2,9-10H,8H2,(H,11,12). The van der Waals surface area contributed by atoms with E-state index in [1.165, 1.54) is 0 Å². The van der Waals surface area contributed by atoms with Gasteiger partial charge in [0, 0.05) is 12.1 Å². The number of hydrogen-bond donors (Lipinski definition) is 4. The molecule has 0 aliphatic heterocycles. The van der Waals surface area contributed by atoms with Crippen LogP contribution in [-0.2, 0) is 0 Å². The van der Waals surface area contributed by atoms with Crippen molar-refractivity contribution in [3.05, 3.63) is 17.7 Å². The molecule has 0 fully saturated rings. The first-order valence-corrected chi connectivity index (χ1v) is 3.07. The van der Waals surface area contributed by atoms with Gasteiger partial charge in [0.05, 0.1) is 5.69 Å². The van der Waals surface area contributed by atoms with Crippen molar-refractivity contribution in [1.29, 1.82) is 0 Å². The second-order valence-electron chi connectivity index (χ2n) is 2.23. The molecule has 0 radical (unpaired) electrons. The number of anilines is 1. The molecule has 5 heteroatoms. The maximum Gasteiger partial charge on any atom is 0.341 e. The molecule has 5 nitrogen and oxygen atoms in total. The van der Waals surface area contributed by atoms with Gasteiger partial charge in [-0.3, -0.25) is 0 Å². The molecule has 12 heavy (non-hydrogen) atoms. The molecule has 0 aliphatic rings. The van der Waals surface area contributed by atoms with Crippen LogP contribution in [0.5, 0.6) is 11.5 Å². The number of hydrogen-bond acceptors (Lipinski definition) is 4. The summed E-state index contributed by atoms with van der Waals surface area (Å²) in [6.45, 7) is 0. The van der Waals surface area contributed by atoms with Crippen LogP contribution < -0.4 is 5.73 Å². The lowest BCUT2D eigenvalue weighted by molar-refractivity contribution is 0.0695. The molecule has 0 saturated carbocycles. The number of rotatable bonds is 1. The third-order valence-electron chi connectivity index (χ3n) is 1.35. The predicted octanol–water partition coefficient (Wildman–Crippen LogP) is 0.378. The first kappa shape index (κ1) is 8.19. The van der Waals surface area contributed by atoms with Gasteiger partial charge < -0.3 is 21.1 Å². The summed E-state index contributed by atoms with van der Waals surface area (Å²) >= 11 is 0. The van der Waals surface area contributed by atoms with Crippen molar-refractivity contribution >= 4 is 11.7 Å². The van der Waals surface area contributed by atoms with Crippen molar-refractivity contribution in [2.24, 2.45) is 0 Å². The van der Waals surface area contributed by atoms with Gasteiger partial charge in [-0.15, -0.1) is 0 Å². The summed E-state index contributed by atoms with van der Waals surface area (Å²) in [5, 5.41) is 26.4. The molecule has 0 unspecified atom stereocenters. The van der Waals surface area contributed by atoms with E-state index in [4.69, 9.17) is 21.1 Å². The fourth-order valence-corrected chi connectivity index (χ4v) is 0.866. The number of nitrogens with two attached hydrogens (primary N) is 1. The first-order chi connectivity index (χ1) is 5.52. The van der Waals surface area contributed by atoms with E-state index in [0.717, 1.165) is 12.1 Å². The number of nitrogen functional groups attached to an aromatic ring is 1. The number of carboxylic acid groups (broad SMARTS) is 1. The molecule has 0 bridgehead atoms. The molecule has 64 valence electrons. The normalized spacial score (nSPS) is 9.67. The summed E-state index contributed by atoms with van der Waals surface area (Å²) in [5.74, 6) is -2.14. The summed E-state index contributed by atoms with van der Waals surface area (Å²) in [6, 6.07) is 1.98. The van der Waals surface area contributed by atoms with Gasteiger partial charge in [-0.2, -0.15) is 0 Å². The van der Waals surface area contributed by atoms with E-state index < -0.39 is 17.3 Å². The zero-order chi connectivity index (χ0) is 9.30. The van der Waals surface area contributed by atoms with Gasteiger partial charge in [-0.05, 0) is 0 Å². The summed E-state index contributed by atoms with van der Waals surface area (Å²) < 4.78 is 0. The van der Waals surface area contributed by atoms with Gasteiger partial charge in [0.25, 0.3) is 0 Å². The van der Waals surface area contributed by atoms with Crippen LogP contribution in [0.15, 0.2) is 12.1 Å². The Morgan fingerprint density at radius 3 is 2.33 bits per heavy atom. The summed E-state index contributed by atoms with van der Waals surface area (Å²) in [5.41, 5.74) is 4.66. The fourth-order valence-electron chi connectivity index (χ4n) is 0.866. The Bertz CT molecular complexity index is 311. The largest absolute Gasteiger partial charge is 0.508 e. The number of carboxylic acids is 1. The lowest BCUT2D eigenvalue weighted by Crippen LogP contribution is -2.02. The van der Waals surface area contributed by atoms with E-state index in [9.17, 15) is 4.79 Å². The van der Waals surface area contributed by atoms with E-state index in [-0.39, 0.29) is 11.4 Å². The quantitative estimate of drug-likeness (QED) is 0.455. The summed E-state index contributed by atoms with van der Waals surface area (Å²) in [4.78, 5) is 10.4. The summed E-state index contributed by atoms with van der Waals surface area (Å²) in [7, 11) is 0. The second kappa shape index (κ2) is 2.61. The van der Waals surface area contributed by atoms with Crippen molar-refractivity contribution in [2.45, 2.75) is 0 Å². The average molecular weight is 169 g/mol. The Balaban J connectivity index is 3.38. The van der Waals surface area contributed by atoms with E-state index in [2.05, 4.69) is 0 Å². The molecular weight excluding hydrogens is 162 g/mol. The molecule has 0 spiro atoms. The molecule has 0 aromatic heterocycles. The van der Waals surface area contributed by atoms with Crippen molar-refractivity contribution in [2.75, 3.05) is 5.73 Å². The number of aromatic hydroxyl groups is 2. The van der Waals surface area contributed by atoms with Crippen LogP contribution in [0.1, 0.15) is 10.4 Å². The summed E-state index contributed by atoms with van der Waals surface area (Å²) in [6.07, 6.45) is 0. The van der Waals surface area contributed by atoms with Gasteiger partial charge in [0.1, 0.15) is 17.1 Å². The molecule has 0 aliphatic carbocycles. The Morgan fingerprint density at radius 1 is 1.33 bits per heavy atom. The molecule has 0 amide bonds. The van der Waals surface area contributed by atoms with Crippen molar-refractivity contribution in [3.8, 4) is 11.5 Å². The Hall–Kier alpha value is -1.91.